The maximum atomic E-state index is 15.5. The van der Waals surface area contributed by atoms with E-state index in [2.05, 4.69) is 35.6 Å². The van der Waals surface area contributed by atoms with E-state index in [1.54, 1.807) is 24.3 Å². The molecule has 7 amide bonds. The summed E-state index contributed by atoms with van der Waals surface area (Å²) in [6.45, 7) is 14.7. The number of methoxy groups -OCH3 is 1. The van der Waals surface area contributed by atoms with Gasteiger partial charge in [-0.05, 0) is 47.7 Å². The summed E-state index contributed by atoms with van der Waals surface area (Å²) in [7, 11) is -0.0473. The molecule has 0 saturated heterocycles. The van der Waals surface area contributed by atoms with E-state index in [0.29, 0.717) is 50.8 Å². The Hall–Kier alpha value is -5.98. The fourth-order valence-corrected chi connectivity index (χ4v) is 10.0. The Balaban J connectivity index is 1.58. The molecule has 23 heteroatoms. The molecule has 0 saturated carbocycles. The van der Waals surface area contributed by atoms with Crippen LogP contribution in [0.2, 0.25) is 25.7 Å². The molecule has 3 aromatic rings. The zero-order valence-electron chi connectivity index (χ0n) is 45.4. The molecule has 424 valence electrons. The predicted octanol–water partition coefficient (Wildman–Crippen LogP) is 5.57. The van der Waals surface area contributed by atoms with Gasteiger partial charge in [-0.1, -0.05) is 70.7 Å². The van der Waals surface area contributed by atoms with E-state index < -0.39 is 79.4 Å². The molecule has 4 N–H and O–H groups in total. The number of nitrogens with one attached hydrogen (secondary N) is 3. The average molecular weight is 1110 g/mol. The lowest BCUT2D eigenvalue weighted by Gasteiger charge is -2.41. The Morgan fingerprint density at radius 2 is 1.44 bits per heavy atom. The second-order valence-electron chi connectivity index (χ2n) is 20.6. The Bertz CT molecular complexity index is 2440. The summed E-state index contributed by atoms with van der Waals surface area (Å²) >= 11 is 1.09. The van der Waals surface area contributed by atoms with Crippen molar-refractivity contribution in [2.24, 2.45) is 5.41 Å². The lowest BCUT2D eigenvalue weighted by Crippen LogP contribution is -2.50. The number of hydrogen-bond donors (Lipinski definition) is 4. The van der Waals surface area contributed by atoms with Gasteiger partial charge in [0, 0.05) is 102 Å². The van der Waals surface area contributed by atoms with Gasteiger partial charge in [0.05, 0.1) is 58.0 Å². The van der Waals surface area contributed by atoms with Gasteiger partial charge in [-0.2, -0.15) is 0 Å². The van der Waals surface area contributed by atoms with E-state index in [1.165, 1.54) is 4.90 Å². The highest BCUT2D eigenvalue weighted by Crippen LogP contribution is 2.41. The number of amides is 7. The van der Waals surface area contributed by atoms with Crippen molar-refractivity contribution in [1.29, 1.82) is 0 Å². The predicted molar refractivity (Wildman–Crippen MR) is 292 cm³/mol. The number of ether oxygens (including phenoxy) is 4. The van der Waals surface area contributed by atoms with Crippen molar-refractivity contribution in [2.75, 3.05) is 104 Å². The molecule has 1 aliphatic rings. The van der Waals surface area contributed by atoms with Crippen LogP contribution in [0.15, 0.2) is 72.9 Å². The Labute approximate surface area is 455 Å². The molecule has 77 heavy (non-hydrogen) atoms. The molecule has 0 spiro atoms. The summed E-state index contributed by atoms with van der Waals surface area (Å²) < 4.78 is 53.5. The van der Waals surface area contributed by atoms with Crippen LogP contribution in [0.1, 0.15) is 50.9 Å². The number of halogens is 2. The summed E-state index contributed by atoms with van der Waals surface area (Å²) in [6, 6.07) is 13.4. The molecule has 0 unspecified atom stereocenters. The van der Waals surface area contributed by atoms with Crippen molar-refractivity contribution in [3.63, 3.8) is 0 Å². The Kier molecular flexibility index (Phi) is 26.4. The van der Waals surface area contributed by atoms with Gasteiger partial charge in [0.15, 0.2) is 0 Å². The fourth-order valence-electron chi connectivity index (χ4n) is 8.16. The smallest absolute Gasteiger partial charge is 0.407 e. The lowest BCUT2D eigenvalue weighted by molar-refractivity contribution is -0.141. The molecular formula is C54H77F2N7O12SSi. The van der Waals surface area contributed by atoms with Crippen LogP contribution in [0.3, 0.4) is 0 Å². The van der Waals surface area contributed by atoms with Gasteiger partial charge in [0.1, 0.15) is 24.2 Å². The molecule has 2 aromatic carbocycles. The van der Waals surface area contributed by atoms with Crippen molar-refractivity contribution < 1.29 is 66.4 Å². The molecular weight excluding hydrogens is 1040 g/mol. The van der Waals surface area contributed by atoms with Crippen molar-refractivity contribution in [1.82, 2.24) is 35.2 Å². The minimum atomic E-state index is -1.63. The molecule has 4 rings (SSSR count). The second kappa shape index (κ2) is 32.0. The van der Waals surface area contributed by atoms with Crippen molar-refractivity contribution in [3.05, 3.63) is 95.8 Å². The number of benzene rings is 2. The number of carbonyl (C=O) groups excluding carboxylic acids is 6. The monoisotopic (exact) mass is 1110 g/mol. The number of rotatable bonds is 35. The second-order valence-corrected chi connectivity index (χ2v) is 27.3. The molecule has 2 heterocycles. The van der Waals surface area contributed by atoms with E-state index in [-0.39, 0.29) is 81.8 Å². The third-order valence-corrected chi connectivity index (χ3v) is 14.8. The van der Waals surface area contributed by atoms with Crippen LogP contribution in [-0.2, 0) is 54.3 Å². The van der Waals surface area contributed by atoms with Gasteiger partial charge in [-0.15, -0.1) is 11.8 Å². The zero-order valence-corrected chi connectivity index (χ0v) is 47.2. The summed E-state index contributed by atoms with van der Waals surface area (Å²) in [5.41, 5.74) is 1.26. The number of nitrogens with zero attached hydrogens (tertiary/aromatic N) is 4. The van der Waals surface area contributed by atoms with Gasteiger partial charge in [-0.25, -0.2) is 13.6 Å². The Morgan fingerprint density at radius 1 is 0.805 bits per heavy atom. The number of aromatic nitrogens is 1. The van der Waals surface area contributed by atoms with Crippen LogP contribution >= 0.6 is 11.8 Å². The van der Waals surface area contributed by atoms with Gasteiger partial charge >= 0.3 is 6.09 Å². The van der Waals surface area contributed by atoms with Gasteiger partial charge in [-0.3, -0.25) is 33.7 Å². The molecule has 0 fully saturated rings. The largest absolute Gasteiger partial charge is 0.465 e. The van der Waals surface area contributed by atoms with E-state index in [4.69, 9.17) is 18.9 Å². The molecule has 19 nitrogen and oxygen atoms in total. The SMILES string of the molecule is COCCOCCOCCOCCC(=O)N[C@@H](CSCC(=O)N(CCCN(CC[Si](C)(C)C)C(=O)O)[C@@H](c1cc(-c2cc(F)ccc2F)cn1Cc1ccccc1)C(C)(C)C)C(=O)NCCNC(=O)CN1C(=O)C=CC1=O. The topological polar surface area (TPSA) is 227 Å². The van der Waals surface area contributed by atoms with Crippen molar-refractivity contribution >= 4 is 61.4 Å². The van der Waals surface area contributed by atoms with Crippen LogP contribution in [0.5, 0.6) is 0 Å². The minimum Gasteiger partial charge on any atom is -0.465 e. The maximum absolute atomic E-state index is 15.5. The molecule has 0 bridgehead atoms. The Morgan fingerprint density at radius 3 is 2.06 bits per heavy atom. The summed E-state index contributed by atoms with van der Waals surface area (Å²) in [5.74, 6) is -4.87. The van der Waals surface area contributed by atoms with Gasteiger partial charge in [0.25, 0.3) is 11.8 Å². The molecule has 1 aliphatic heterocycles. The van der Waals surface area contributed by atoms with Crippen LogP contribution < -0.4 is 16.0 Å². The molecule has 1 aromatic heterocycles. The first-order valence-electron chi connectivity index (χ1n) is 25.7. The fraction of sp³-hybridized carbons (Fsp3) is 0.537. The number of carbonyl (C=O) groups is 7. The van der Waals surface area contributed by atoms with Crippen molar-refractivity contribution in [3.8, 4) is 11.1 Å². The summed E-state index contributed by atoms with van der Waals surface area (Å²) in [6.07, 6.45) is 2.95. The normalized spacial score (nSPS) is 13.4. The van der Waals surface area contributed by atoms with Crippen molar-refractivity contribution in [2.45, 2.75) is 77.9 Å². The number of imide groups is 1. The van der Waals surface area contributed by atoms with Crippen LogP contribution in [0.4, 0.5) is 13.6 Å². The number of carboxylic acid groups (broad SMARTS) is 1. The first kappa shape index (κ1) is 63.5. The number of hydrogen-bond acceptors (Lipinski definition) is 12. The zero-order chi connectivity index (χ0) is 56.5. The first-order chi connectivity index (χ1) is 36.6. The van der Waals surface area contributed by atoms with Crippen LogP contribution in [0.25, 0.3) is 11.1 Å². The molecule has 0 radical (unpaired) electrons. The van der Waals surface area contributed by atoms with E-state index in [9.17, 15) is 38.3 Å². The van der Waals surface area contributed by atoms with Gasteiger partial charge in [0.2, 0.25) is 23.6 Å². The highest BCUT2D eigenvalue weighted by atomic mass is 32.2. The molecule has 0 aliphatic carbocycles. The average Bonchev–Trinajstić information content (AvgIpc) is 3.92. The van der Waals surface area contributed by atoms with Gasteiger partial charge < -0.3 is 54.4 Å². The summed E-state index contributed by atoms with van der Waals surface area (Å²) in [5, 5.41) is 18.2. The minimum absolute atomic E-state index is 0.0171. The lowest BCUT2D eigenvalue weighted by atomic mass is 9.83. The van der Waals surface area contributed by atoms with E-state index >= 15 is 9.18 Å². The standard InChI is InChI=1S/C54H77F2N7O12SSi/c1-54(2,3)51(45-32-40(42-33-41(55)14-15-43(42)56)35-61(45)34-39-12-9-8-10-13-39)62(22-11-21-60(53(70)71)23-31-77(5,6)7)50(68)38-76-37-44(59-46(64)18-24-73-27-28-75-30-29-74-26-25-72-4)52(69)58-20-19-57-47(65)36-63-48(66)16-17-49(63)67/h8-10,12-17,32-33,35,44,51H,11,18-31,34,36-38H2,1-7H3,(H,57,65)(H,58,69)(H,59,64)(H,70,71)/t44-,51-/m0/s1. The van der Waals surface area contributed by atoms with E-state index in [1.807, 2.05) is 55.7 Å². The summed E-state index contributed by atoms with van der Waals surface area (Å²) in [4.78, 5) is 94.8. The third-order valence-electron chi connectivity index (χ3n) is 12.1. The van der Waals surface area contributed by atoms with E-state index in [0.717, 1.165) is 58.6 Å². The highest BCUT2D eigenvalue weighted by molar-refractivity contribution is 8.00. The maximum Gasteiger partial charge on any atom is 0.407 e. The van der Waals surface area contributed by atoms with Crippen LogP contribution in [0, 0.1) is 17.0 Å². The third kappa shape index (κ3) is 22.5. The van der Waals surface area contributed by atoms with Crippen LogP contribution in [-0.4, -0.2) is 184 Å². The quantitative estimate of drug-likeness (QED) is 0.0322. The molecule has 2 atom stereocenters. The number of thioether (sulfide) groups is 1. The highest BCUT2D eigenvalue weighted by Gasteiger charge is 2.38. The first-order valence-corrected chi connectivity index (χ1v) is 30.6.